The van der Waals surface area contributed by atoms with Crippen LogP contribution < -0.4 is 20.7 Å². The molecule has 0 saturated carbocycles. The third-order valence-corrected chi connectivity index (χ3v) is 4.30. The Bertz CT molecular complexity index is 807. The van der Waals surface area contributed by atoms with Crippen LogP contribution in [0.5, 0.6) is 0 Å². The molecular weight excluding hydrogens is 320 g/mol. The molecule has 22 heavy (non-hydrogen) atoms. The fraction of sp³-hybridized carbons (Fsp3) is 0.0714. The van der Waals surface area contributed by atoms with Crippen LogP contribution in [-0.2, 0) is 10.0 Å². The summed E-state index contributed by atoms with van der Waals surface area (Å²) in [5, 5.41) is 9.29. The van der Waals surface area contributed by atoms with E-state index in [0.717, 1.165) is 5.69 Å². The van der Waals surface area contributed by atoms with Crippen molar-refractivity contribution in [3.63, 3.8) is 0 Å². The van der Waals surface area contributed by atoms with Crippen molar-refractivity contribution >= 4 is 50.1 Å². The van der Waals surface area contributed by atoms with Gasteiger partial charge in [0.1, 0.15) is 5.88 Å². The van der Waals surface area contributed by atoms with Crippen molar-refractivity contribution in [2.75, 3.05) is 26.5 Å². The van der Waals surface area contributed by atoms with Crippen LogP contribution in [-0.4, -0.2) is 19.4 Å². The van der Waals surface area contributed by atoms with Gasteiger partial charge < -0.3 is 16.0 Å². The molecule has 0 amide bonds. The molecule has 0 bridgehead atoms. The molecule has 6 nitrogen and oxygen atoms in total. The predicted octanol–water partition coefficient (Wildman–Crippen LogP) is 2.62. The van der Waals surface area contributed by atoms with Gasteiger partial charge >= 0.3 is 0 Å². The maximum atomic E-state index is 11.7. The van der Waals surface area contributed by atoms with E-state index in [-0.39, 0.29) is 5.88 Å². The Morgan fingerprint density at radius 2 is 1.82 bits per heavy atom. The van der Waals surface area contributed by atoms with E-state index in [0.29, 0.717) is 22.2 Å². The van der Waals surface area contributed by atoms with Crippen LogP contribution in [0.3, 0.4) is 0 Å². The monoisotopic (exact) mass is 334 g/mol. The van der Waals surface area contributed by atoms with E-state index in [1.807, 2.05) is 36.4 Å². The molecule has 2 aromatic rings. The van der Waals surface area contributed by atoms with Crippen molar-refractivity contribution < 1.29 is 8.42 Å². The molecule has 0 spiro atoms. The first kappa shape index (κ1) is 14.6. The maximum Gasteiger partial charge on any atom is 0.251 e. The van der Waals surface area contributed by atoms with Gasteiger partial charge in [-0.25, -0.2) is 8.42 Å². The number of benzene rings is 2. The third-order valence-electron chi connectivity index (χ3n) is 3.05. The first-order valence-electron chi connectivity index (χ1n) is 6.54. The van der Waals surface area contributed by atoms with Crippen LogP contribution in [0, 0.1) is 0 Å². The molecule has 3 rings (SSSR count). The first-order valence-corrected chi connectivity index (χ1v) is 8.60. The van der Waals surface area contributed by atoms with E-state index in [9.17, 15) is 8.42 Å². The lowest BCUT2D eigenvalue weighted by Gasteiger charge is -2.23. The van der Waals surface area contributed by atoms with Crippen LogP contribution in [0.1, 0.15) is 0 Å². The average Bonchev–Trinajstić information content (AvgIpc) is 2.48. The fourth-order valence-electron chi connectivity index (χ4n) is 2.08. The average molecular weight is 334 g/mol. The summed E-state index contributed by atoms with van der Waals surface area (Å²) in [5.74, 6) is -0.143. The van der Waals surface area contributed by atoms with E-state index in [1.165, 1.54) is 0 Å². The van der Waals surface area contributed by atoms with Crippen LogP contribution >= 0.6 is 12.2 Å². The quantitative estimate of drug-likeness (QED) is 0.632. The number of hydrogen-bond donors (Lipinski definition) is 4. The van der Waals surface area contributed by atoms with Gasteiger partial charge in [0.15, 0.2) is 5.11 Å². The second kappa shape index (κ2) is 5.82. The molecule has 1 aliphatic heterocycles. The normalized spacial score (nSPS) is 14.9. The van der Waals surface area contributed by atoms with Gasteiger partial charge in [-0.15, -0.1) is 0 Å². The summed E-state index contributed by atoms with van der Waals surface area (Å²) in [6, 6.07) is 14.9. The Hall–Kier alpha value is -2.32. The standard InChI is InChI=1S/C14H14N4O2S2/c19-22(20)9-15-11-7-4-8-12(13(11)18-22)17-14(21)16-10-5-2-1-3-6-10/h1-8,15,18H,9H2,(H2,16,17,21). The predicted molar refractivity (Wildman–Crippen MR) is 93.8 cm³/mol. The summed E-state index contributed by atoms with van der Waals surface area (Å²) in [7, 11) is -3.38. The number of hydrogen-bond acceptors (Lipinski definition) is 4. The summed E-state index contributed by atoms with van der Waals surface area (Å²) in [6.07, 6.45) is 0. The molecule has 2 aromatic carbocycles. The van der Waals surface area contributed by atoms with Gasteiger partial charge in [0, 0.05) is 5.69 Å². The topological polar surface area (TPSA) is 82.3 Å². The SMILES string of the molecule is O=S1(=O)CNc2cccc(NC(=S)Nc3ccccc3)c2N1. The zero-order chi connectivity index (χ0) is 15.6. The Balaban J connectivity index is 1.80. The Morgan fingerprint density at radius 1 is 1.05 bits per heavy atom. The Morgan fingerprint density at radius 3 is 2.59 bits per heavy atom. The van der Waals surface area contributed by atoms with Crippen molar-refractivity contribution in [1.29, 1.82) is 0 Å². The number of anilines is 4. The molecular formula is C14H14N4O2S2. The van der Waals surface area contributed by atoms with E-state index < -0.39 is 10.0 Å². The van der Waals surface area contributed by atoms with E-state index in [2.05, 4.69) is 20.7 Å². The molecule has 0 unspecified atom stereocenters. The van der Waals surface area contributed by atoms with Crippen LogP contribution in [0.15, 0.2) is 48.5 Å². The van der Waals surface area contributed by atoms with E-state index in [4.69, 9.17) is 12.2 Å². The van der Waals surface area contributed by atoms with Crippen molar-refractivity contribution in [3.05, 3.63) is 48.5 Å². The van der Waals surface area contributed by atoms with Crippen molar-refractivity contribution in [2.24, 2.45) is 0 Å². The van der Waals surface area contributed by atoms with Crippen LogP contribution in [0.2, 0.25) is 0 Å². The second-order valence-electron chi connectivity index (χ2n) is 4.71. The summed E-state index contributed by atoms with van der Waals surface area (Å²) in [6.45, 7) is 0. The first-order chi connectivity index (χ1) is 10.5. The number of nitrogens with one attached hydrogen (secondary N) is 4. The molecule has 4 N–H and O–H groups in total. The molecule has 0 aliphatic carbocycles. The molecule has 8 heteroatoms. The van der Waals surface area contributed by atoms with Gasteiger partial charge in [0.2, 0.25) is 0 Å². The number of thiocarbonyl (C=S) groups is 1. The van der Waals surface area contributed by atoms with Gasteiger partial charge in [-0.05, 0) is 36.5 Å². The van der Waals surface area contributed by atoms with Crippen molar-refractivity contribution in [3.8, 4) is 0 Å². The fourth-order valence-corrected chi connectivity index (χ4v) is 3.26. The highest BCUT2D eigenvalue weighted by Gasteiger charge is 2.22. The summed E-state index contributed by atoms with van der Waals surface area (Å²) < 4.78 is 25.9. The summed E-state index contributed by atoms with van der Waals surface area (Å²) >= 11 is 5.26. The lowest BCUT2D eigenvalue weighted by atomic mass is 10.2. The highest BCUT2D eigenvalue weighted by atomic mass is 32.2. The molecule has 0 radical (unpaired) electrons. The molecule has 0 aromatic heterocycles. The largest absolute Gasteiger partial charge is 0.368 e. The smallest absolute Gasteiger partial charge is 0.251 e. The van der Waals surface area contributed by atoms with Crippen LogP contribution in [0.25, 0.3) is 0 Å². The molecule has 0 saturated heterocycles. The second-order valence-corrected chi connectivity index (χ2v) is 6.84. The minimum Gasteiger partial charge on any atom is -0.368 e. The highest BCUT2D eigenvalue weighted by molar-refractivity contribution is 7.92. The van der Waals surface area contributed by atoms with Gasteiger partial charge in [-0.3, -0.25) is 4.72 Å². The molecule has 114 valence electrons. The highest BCUT2D eigenvalue weighted by Crippen LogP contribution is 2.34. The van der Waals surface area contributed by atoms with Gasteiger partial charge in [-0.2, -0.15) is 0 Å². The van der Waals surface area contributed by atoms with Gasteiger partial charge in [-0.1, -0.05) is 24.3 Å². The minimum absolute atomic E-state index is 0.143. The number of rotatable bonds is 2. The number of para-hydroxylation sites is 2. The number of sulfonamides is 1. The van der Waals surface area contributed by atoms with Gasteiger partial charge in [0.25, 0.3) is 10.0 Å². The zero-order valence-electron chi connectivity index (χ0n) is 11.5. The molecule has 1 heterocycles. The third kappa shape index (κ3) is 3.29. The van der Waals surface area contributed by atoms with Gasteiger partial charge in [0.05, 0.1) is 17.1 Å². The van der Waals surface area contributed by atoms with Crippen molar-refractivity contribution in [2.45, 2.75) is 0 Å². The summed E-state index contributed by atoms with van der Waals surface area (Å²) in [5.41, 5.74) is 2.61. The molecule has 1 aliphatic rings. The Labute approximate surface area is 134 Å². The van der Waals surface area contributed by atoms with E-state index in [1.54, 1.807) is 12.1 Å². The minimum atomic E-state index is -3.38. The molecule has 0 fully saturated rings. The summed E-state index contributed by atoms with van der Waals surface area (Å²) in [4.78, 5) is 0. The van der Waals surface area contributed by atoms with Crippen LogP contribution in [0.4, 0.5) is 22.7 Å². The van der Waals surface area contributed by atoms with Crippen molar-refractivity contribution in [1.82, 2.24) is 0 Å². The number of fused-ring (bicyclic) bond motifs is 1. The van der Waals surface area contributed by atoms with E-state index >= 15 is 0 Å². The maximum absolute atomic E-state index is 11.7. The zero-order valence-corrected chi connectivity index (χ0v) is 13.1. The lowest BCUT2D eigenvalue weighted by Crippen LogP contribution is -2.29. The molecule has 0 atom stereocenters. The lowest BCUT2D eigenvalue weighted by molar-refractivity contribution is 0.602. The Kier molecular flexibility index (Phi) is 3.86.